The summed E-state index contributed by atoms with van der Waals surface area (Å²) in [6.45, 7) is 4.21. The first-order valence-corrected chi connectivity index (χ1v) is 10.4. The Bertz CT molecular complexity index is 1180. The fourth-order valence-electron chi connectivity index (χ4n) is 3.67. The zero-order valence-electron chi connectivity index (χ0n) is 18.1. The lowest BCUT2D eigenvalue weighted by Crippen LogP contribution is -2.48. The molecule has 0 aliphatic carbocycles. The highest BCUT2D eigenvalue weighted by Gasteiger charge is 2.26. The Morgan fingerprint density at radius 1 is 1.12 bits per heavy atom. The van der Waals surface area contributed by atoms with Crippen molar-refractivity contribution >= 4 is 23.9 Å². The first-order chi connectivity index (χ1) is 15.6. The topological polar surface area (TPSA) is 82.6 Å². The molecule has 3 aromatic rings. The molecule has 7 nitrogen and oxygen atoms in total. The van der Waals surface area contributed by atoms with Crippen molar-refractivity contribution in [2.75, 3.05) is 38.2 Å². The molecular weight excluding hydrogens is 404 g/mol. The van der Waals surface area contributed by atoms with Gasteiger partial charge in [0.1, 0.15) is 11.8 Å². The molecule has 4 rings (SSSR count). The van der Waals surface area contributed by atoms with Gasteiger partial charge in [-0.3, -0.25) is 4.79 Å². The van der Waals surface area contributed by atoms with E-state index in [9.17, 15) is 10.1 Å². The Balaban J connectivity index is 1.44. The third kappa shape index (κ3) is 4.65. The summed E-state index contributed by atoms with van der Waals surface area (Å²) in [5.41, 5.74) is 2.93. The summed E-state index contributed by atoms with van der Waals surface area (Å²) >= 11 is 0. The van der Waals surface area contributed by atoms with Crippen molar-refractivity contribution in [3.05, 3.63) is 76.8 Å². The number of piperazine rings is 1. The Morgan fingerprint density at radius 3 is 2.62 bits per heavy atom. The SMILES string of the molecule is COc1cccc(/C=C/c2nc(C#N)c(N3CCN(C(=O)c4cccc(C)c4)CC3)o2)c1. The minimum atomic E-state index is 0.0216. The zero-order chi connectivity index (χ0) is 22.5. The molecule has 32 heavy (non-hydrogen) atoms. The van der Waals surface area contributed by atoms with Crippen LogP contribution in [0.15, 0.2) is 52.9 Å². The van der Waals surface area contributed by atoms with E-state index in [2.05, 4.69) is 11.1 Å². The molecule has 1 amide bonds. The van der Waals surface area contributed by atoms with Crippen LogP contribution in [0.5, 0.6) is 5.75 Å². The number of nitrogens with zero attached hydrogens (tertiary/aromatic N) is 4. The molecular formula is C25H24N4O3. The zero-order valence-corrected chi connectivity index (χ0v) is 18.1. The average molecular weight is 428 g/mol. The second-order valence-electron chi connectivity index (χ2n) is 7.58. The summed E-state index contributed by atoms with van der Waals surface area (Å²) in [5, 5.41) is 9.53. The summed E-state index contributed by atoms with van der Waals surface area (Å²) in [5.74, 6) is 1.59. The standard InChI is InChI=1S/C25H24N4O3/c1-18-5-3-7-20(15-18)24(30)28-11-13-29(14-12-28)25-22(17-26)27-23(32-25)10-9-19-6-4-8-21(16-19)31-2/h3-10,15-16H,11-14H2,1-2H3/b10-9+. The third-order valence-electron chi connectivity index (χ3n) is 5.36. The summed E-state index contributed by atoms with van der Waals surface area (Å²) in [6, 6.07) is 17.3. The molecule has 0 spiro atoms. The van der Waals surface area contributed by atoms with Gasteiger partial charge in [0, 0.05) is 37.8 Å². The second-order valence-corrected chi connectivity index (χ2v) is 7.58. The van der Waals surface area contributed by atoms with Gasteiger partial charge < -0.3 is 19.0 Å². The summed E-state index contributed by atoms with van der Waals surface area (Å²) < 4.78 is 11.1. The fraction of sp³-hybridized carbons (Fsp3) is 0.240. The molecule has 1 saturated heterocycles. The maximum absolute atomic E-state index is 12.8. The van der Waals surface area contributed by atoms with Crippen LogP contribution in [0.1, 0.15) is 33.1 Å². The lowest BCUT2D eigenvalue weighted by Gasteiger charge is -2.34. The van der Waals surface area contributed by atoms with Gasteiger partial charge in [-0.05, 0) is 42.8 Å². The highest BCUT2D eigenvalue weighted by Crippen LogP contribution is 2.25. The van der Waals surface area contributed by atoms with Crippen molar-refractivity contribution in [3.8, 4) is 11.8 Å². The van der Waals surface area contributed by atoms with Crippen LogP contribution in [-0.4, -0.2) is 49.1 Å². The third-order valence-corrected chi connectivity index (χ3v) is 5.36. The number of aryl methyl sites for hydroxylation is 1. The van der Waals surface area contributed by atoms with E-state index in [-0.39, 0.29) is 11.6 Å². The van der Waals surface area contributed by atoms with Gasteiger partial charge in [-0.2, -0.15) is 10.2 Å². The fourth-order valence-corrected chi connectivity index (χ4v) is 3.67. The Hall–Kier alpha value is -4.05. The first kappa shape index (κ1) is 21.2. The van der Waals surface area contributed by atoms with E-state index in [4.69, 9.17) is 9.15 Å². The number of hydrogen-bond donors (Lipinski definition) is 0. The van der Waals surface area contributed by atoms with Crippen molar-refractivity contribution in [1.29, 1.82) is 5.26 Å². The van der Waals surface area contributed by atoms with E-state index in [1.807, 2.05) is 71.3 Å². The highest BCUT2D eigenvalue weighted by atomic mass is 16.5. The number of amides is 1. The Morgan fingerprint density at radius 2 is 1.91 bits per heavy atom. The molecule has 1 aromatic heterocycles. The van der Waals surface area contributed by atoms with Gasteiger partial charge in [0.2, 0.25) is 17.5 Å². The Kier molecular flexibility index (Phi) is 6.22. The number of carbonyl (C=O) groups is 1. The number of rotatable bonds is 5. The van der Waals surface area contributed by atoms with Crippen LogP contribution in [-0.2, 0) is 0 Å². The smallest absolute Gasteiger partial charge is 0.253 e. The van der Waals surface area contributed by atoms with Crippen LogP contribution in [0.2, 0.25) is 0 Å². The molecule has 1 fully saturated rings. The van der Waals surface area contributed by atoms with Crippen molar-refractivity contribution in [2.45, 2.75) is 6.92 Å². The summed E-state index contributed by atoms with van der Waals surface area (Å²) in [6.07, 6.45) is 3.59. The van der Waals surface area contributed by atoms with Gasteiger partial charge in [-0.25, -0.2) is 0 Å². The molecule has 2 heterocycles. The van der Waals surface area contributed by atoms with Crippen LogP contribution in [0, 0.1) is 18.3 Å². The van der Waals surface area contributed by atoms with Crippen LogP contribution in [0.25, 0.3) is 12.2 Å². The highest BCUT2D eigenvalue weighted by molar-refractivity contribution is 5.94. The minimum absolute atomic E-state index is 0.0216. The van der Waals surface area contributed by atoms with Crippen LogP contribution < -0.4 is 9.64 Å². The molecule has 2 aromatic carbocycles. The summed E-state index contributed by atoms with van der Waals surface area (Å²) in [7, 11) is 1.62. The number of aromatic nitrogens is 1. The molecule has 162 valence electrons. The minimum Gasteiger partial charge on any atom is -0.497 e. The van der Waals surface area contributed by atoms with Crippen molar-refractivity contribution in [3.63, 3.8) is 0 Å². The van der Waals surface area contributed by atoms with Gasteiger partial charge in [-0.1, -0.05) is 29.8 Å². The number of anilines is 1. The van der Waals surface area contributed by atoms with E-state index < -0.39 is 0 Å². The lowest BCUT2D eigenvalue weighted by molar-refractivity contribution is 0.0745. The molecule has 1 aliphatic rings. The van der Waals surface area contributed by atoms with Gasteiger partial charge in [0.25, 0.3) is 5.91 Å². The van der Waals surface area contributed by atoms with E-state index in [0.717, 1.165) is 16.9 Å². The summed E-state index contributed by atoms with van der Waals surface area (Å²) in [4.78, 5) is 20.9. The predicted molar refractivity (Wildman–Crippen MR) is 122 cm³/mol. The van der Waals surface area contributed by atoms with Gasteiger partial charge in [0.05, 0.1) is 7.11 Å². The van der Waals surface area contributed by atoms with Gasteiger partial charge >= 0.3 is 0 Å². The van der Waals surface area contributed by atoms with Crippen molar-refractivity contribution < 1.29 is 13.9 Å². The number of ether oxygens (including phenoxy) is 1. The molecule has 1 aliphatic heterocycles. The van der Waals surface area contributed by atoms with Gasteiger partial charge in [0.15, 0.2) is 0 Å². The molecule has 0 atom stereocenters. The van der Waals surface area contributed by atoms with E-state index in [1.165, 1.54) is 0 Å². The van der Waals surface area contributed by atoms with Crippen LogP contribution in [0.3, 0.4) is 0 Å². The maximum atomic E-state index is 12.8. The molecule has 0 radical (unpaired) electrons. The molecule has 0 bridgehead atoms. The van der Waals surface area contributed by atoms with Crippen molar-refractivity contribution in [1.82, 2.24) is 9.88 Å². The number of methoxy groups -OCH3 is 1. The first-order valence-electron chi connectivity index (χ1n) is 10.4. The quantitative estimate of drug-likeness (QED) is 0.611. The van der Waals surface area contributed by atoms with E-state index in [1.54, 1.807) is 13.2 Å². The van der Waals surface area contributed by atoms with Crippen LogP contribution >= 0.6 is 0 Å². The Labute approximate surface area is 187 Å². The number of nitriles is 1. The van der Waals surface area contributed by atoms with E-state index in [0.29, 0.717) is 43.5 Å². The molecule has 7 heteroatoms. The number of oxazole rings is 1. The second kappa shape index (κ2) is 9.40. The maximum Gasteiger partial charge on any atom is 0.253 e. The number of benzene rings is 2. The normalized spacial score (nSPS) is 13.9. The average Bonchev–Trinajstić information content (AvgIpc) is 3.26. The number of hydrogen-bond acceptors (Lipinski definition) is 6. The lowest BCUT2D eigenvalue weighted by atomic mass is 10.1. The van der Waals surface area contributed by atoms with Crippen molar-refractivity contribution in [2.24, 2.45) is 0 Å². The van der Waals surface area contributed by atoms with E-state index >= 15 is 0 Å². The van der Waals surface area contributed by atoms with Crippen LogP contribution in [0.4, 0.5) is 5.88 Å². The molecule has 0 unspecified atom stereocenters. The van der Waals surface area contributed by atoms with Gasteiger partial charge in [-0.15, -0.1) is 0 Å². The number of carbonyl (C=O) groups excluding carboxylic acids is 1. The largest absolute Gasteiger partial charge is 0.497 e. The molecule has 0 N–H and O–H groups in total. The molecule has 0 saturated carbocycles. The predicted octanol–water partition coefficient (Wildman–Crippen LogP) is 4.00. The monoisotopic (exact) mass is 428 g/mol.